The van der Waals surface area contributed by atoms with Crippen LogP contribution in [0.4, 0.5) is 0 Å². The summed E-state index contributed by atoms with van der Waals surface area (Å²) < 4.78 is 1.70. The summed E-state index contributed by atoms with van der Waals surface area (Å²) in [6.07, 6.45) is 0.898. The van der Waals surface area contributed by atoms with Crippen molar-refractivity contribution in [2.45, 2.75) is 32.0 Å². The van der Waals surface area contributed by atoms with Crippen LogP contribution in [0.2, 0.25) is 0 Å². The summed E-state index contributed by atoms with van der Waals surface area (Å²) in [5.41, 5.74) is 0.647. The Kier molecular flexibility index (Phi) is 5.82. The number of benzene rings is 1. The van der Waals surface area contributed by atoms with Gasteiger partial charge in [0.25, 0.3) is 5.56 Å². The number of carbonyl (C=O) groups excluding carboxylic acids is 1. The van der Waals surface area contributed by atoms with E-state index < -0.39 is 0 Å². The fraction of sp³-hybridized carbons (Fsp3) is 0.471. The second-order valence-corrected chi connectivity index (χ2v) is 7.07. The number of hydrogen-bond acceptors (Lipinski definition) is 4. The SMILES string of the molecule is CC(C)CCn1c(SCC(=O)N(C)C)nc2ccccc2c1=O. The third-order valence-electron chi connectivity index (χ3n) is 3.58. The number of hydrogen-bond donors (Lipinski definition) is 0. The smallest absolute Gasteiger partial charge is 0.262 e. The van der Waals surface area contributed by atoms with E-state index in [9.17, 15) is 9.59 Å². The van der Waals surface area contributed by atoms with Gasteiger partial charge >= 0.3 is 0 Å². The van der Waals surface area contributed by atoms with Crippen LogP contribution in [0.15, 0.2) is 34.2 Å². The van der Waals surface area contributed by atoms with Crippen molar-refractivity contribution >= 4 is 28.6 Å². The summed E-state index contributed by atoms with van der Waals surface area (Å²) in [7, 11) is 3.45. The number of nitrogens with zero attached hydrogens (tertiary/aromatic N) is 3. The predicted octanol–water partition coefficient (Wildman–Crippen LogP) is 2.62. The van der Waals surface area contributed by atoms with Gasteiger partial charge in [-0.2, -0.15) is 0 Å². The van der Waals surface area contributed by atoms with Gasteiger partial charge in [-0.25, -0.2) is 4.98 Å². The Bertz CT molecular complexity index is 753. The van der Waals surface area contributed by atoms with Crippen LogP contribution < -0.4 is 5.56 Å². The van der Waals surface area contributed by atoms with Gasteiger partial charge in [-0.05, 0) is 24.5 Å². The normalized spacial score (nSPS) is 11.2. The Morgan fingerprint density at radius 3 is 2.65 bits per heavy atom. The molecule has 0 radical (unpaired) electrons. The molecule has 0 aliphatic rings. The number of para-hydroxylation sites is 1. The fourth-order valence-electron chi connectivity index (χ4n) is 2.10. The topological polar surface area (TPSA) is 55.2 Å². The molecule has 1 amide bonds. The molecule has 0 unspecified atom stereocenters. The summed E-state index contributed by atoms with van der Waals surface area (Å²) in [6.45, 7) is 4.87. The molecule has 0 fully saturated rings. The molecule has 124 valence electrons. The zero-order chi connectivity index (χ0) is 17.0. The molecule has 0 saturated heterocycles. The van der Waals surface area contributed by atoms with E-state index >= 15 is 0 Å². The molecule has 0 aliphatic carbocycles. The third-order valence-corrected chi connectivity index (χ3v) is 4.54. The number of rotatable bonds is 6. The molecule has 2 aromatic rings. The average molecular weight is 333 g/mol. The molecule has 0 spiro atoms. The lowest BCUT2D eigenvalue weighted by atomic mass is 10.1. The molecule has 0 atom stereocenters. The molecule has 1 heterocycles. The van der Waals surface area contributed by atoms with Crippen molar-refractivity contribution in [3.8, 4) is 0 Å². The summed E-state index contributed by atoms with van der Waals surface area (Å²) >= 11 is 1.32. The quantitative estimate of drug-likeness (QED) is 0.602. The molecular formula is C17H23N3O2S. The predicted molar refractivity (Wildman–Crippen MR) is 94.9 cm³/mol. The highest BCUT2D eigenvalue weighted by atomic mass is 32.2. The van der Waals surface area contributed by atoms with E-state index in [2.05, 4.69) is 18.8 Å². The molecule has 1 aromatic heterocycles. The van der Waals surface area contributed by atoms with Crippen LogP contribution in [-0.2, 0) is 11.3 Å². The first-order valence-electron chi connectivity index (χ1n) is 7.72. The highest BCUT2D eigenvalue weighted by Crippen LogP contribution is 2.19. The highest BCUT2D eigenvalue weighted by molar-refractivity contribution is 7.99. The monoisotopic (exact) mass is 333 g/mol. The number of thioether (sulfide) groups is 1. The van der Waals surface area contributed by atoms with Crippen LogP contribution in [0, 0.1) is 5.92 Å². The van der Waals surface area contributed by atoms with Crippen LogP contribution in [0.5, 0.6) is 0 Å². The fourth-order valence-corrected chi connectivity index (χ4v) is 3.10. The second kappa shape index (κ2) is 7.64. The largest absolute Gasteiger partial charge is 0.348 e. The van der Waals surface area contributed by atoms with Gasteiger partial charge in [0.2, 0.25) is 5.91 Å². The second-order valence-electron chi connectivity index (χ2n) is 6.13. The molecule has 23 heavy (non-hydrogen) atoms. The van der Waals surface area contributed by atoms with Crippen LogP contribution in [-0.4, -0.2) is 40.2 Å². The van der Waals surface area contributed by atoms with Crippen LogP contribution in [0.25, 0.3) is 10.9 Å². The molecule has 5 nitrogen and oxygen atoms in total. The van der Waals surface area contributed by atoms with Crippen molar-refractivity contribution in [1.82, 2.24) is 14.5 Å². The number of fused-ring (bicyclic) bond motifs is 1. The minimum absolute atomic E-state index is 0.00724. The lowest BCUT2D eigenvalue weighted by Crippen LogP contribution is -2.26. The van der Waals surface area contributed by atoms with Crippen LogP contribution in [0.1, 0.15) is 20.3 Å². The zero-order valence-corrected chi connectivity index (χ0v) is 14.9. The maximum Gasteiger partial charge on any atom is 0.262 e. The molecular weight excluding hydrogens is 310 g/mol. The lowest BCUT2D eigenvalue weighted by Gasteiger charge is -2.15. The average Bonchev–Trinajstić information content (AvgIpc) is 2.51. The van der Waals surface area contributed by atoms with E-state index in [4.69, 9.17) is 0 Å². The third kappa shape index (κ3) is 4.34. The van der Waals surface area contributed by atoms with E-state index in [1.165, 1.54) is 11.8 Å². The van der Waals surface area contributed by atoms with Crippen molar-refractivity contribution in [2.75, 3.05) is 19.8 Å². The summed E-state index contributed by atoms with van der Waals surface area (Å²) in [5, 5.41) is 1.24. The molecule has 0 N–H and O–H groups in total. The Balaban J connectivity index is 2.40. The van der Waals surface area contributed by atoms with Crippen molar-refractivity contribution < 1.29 is 4.79 Å². The molecule has 0 saturated carbocycles. The minimum Gasteiger partial charge on any atom is -0.348 e. The van der Waals surface area contributed by atoms with Gasteiger partial charge in [-0.15, -0.1) is 0 Å². The van der Waals surface area contributed by atoms with Gasteiger partial charge < -0.3 is 4.90 Å². The number of carbonyl (C=O) groups is 1. The van der Waals surface area contributed by atoms with Gasteiger partial charge in [0.05, 0.1) is 16.7 Å². The zero-order valence-electron chi connectivity index (χ0n) is 14.1. The van der Waals surface area contributed by atoms with Crippen molar-refractivity contribution in [1.29, 1.82) is 0 Å². The molecule has 1 aromatic carbocycles. The van der Waals surface area contributed by atoms with Gasteiger partial charge in [0.15, 0.2) is 5.16 Å². The van der Waals surface area contributed by atoms with E-state index in [0.717, 1.165) is 6.42 Å². The first-order chi connectivity index (χ1) is 10.9. The van der Waals surface area contributed by atoms with Gasteiger partial charge in [-0.1, -0.05) is 37.7 Å². The Morgan fingerprint density at radius 2 is 2.00 bits per heavy atom. The van der Waals surface area contributed by atoms with E-state index in [1.807, 2.05) is 18.2 Å². The van der Waals surface area contributed by atoms with Crippen LogP contribution >= 0.6 is 11.8 Å². The highest BCUT2D eigenvalue weighted by Gasteiger charge is 2.14. The Labute approximate surface area is 140 Å². The standard InChI is InChI=1S/C17H23N3O2S/c1-12(2)9-10-20-16(22)13-7-5-6-8-14(13)18-17(20)23-11-15(21)19(3)4/h5-8,12H,9-11H2,1-4H3. The summed E-state index contributed by atoms with van der Waals surface area (Å²) in [5.74, 6) is 0.780. The van der Waals surface area contributed by atoms with Gasteiger partial charge in [-0.3, -0.25) is 14.2 Å². The van der Waals surface area contributed by atoms with Gasteiger partial charge in [0.1, 0.15) is 0 Å². The van der Waals surface area contributed by atoms with Crippen molar-refractivity contribution in [3.05, 3.63) is 34.6 Å². The lowest BCUT2D eigenvalue weighted by molar-refractivity contribution is -0.125. The molecule has 6 heteroatoms. The number of amides is 1. The van der Waals surface area contributed by atoms with E-state index in [-0.39, 0.29) is 17.2 Å². The number of aromatic nitrogens is 2. The van der Waals surface area contributed by atoms with Gasteiger partial charge in [0, 0.05) is 20.6 Å². The molecule has 2 rings (SSSR count). The Morgan fingerprint density at radius 1 is 1.30 bits per heavy atom. The molecule has 0 aliphatic heterocycles. The maximum atomic E-state index is 12.8. The van der Waals surface area contributed by atoms with E-state index in [0.29, 0.717) is 28.5 Å². The van der Waals surface area contributed by atoms with E-state index in [1.54, 1.807) is 29.6 Å². The molecule has 0 bridgehead atoms. The maximum absolute atomic E-state index is 12.8. The van der Waals surface area contributed by atoms with Crippen molar-refractivity contribution in [3.63, 3.8) is 0 Å². The minimum atomic E-state index is -0.0314. The van der Waals surface area contributed by atoms with Crippen LogP contribution in [0.3, 0.4) is 0 Å². The Hall–Kier alpha value is -1.82. The summed E-state index contributed by atoms with van der Waals surface area (Å²) in [6, 6.07) is 7.35. The summed E-state index contributed by atoms with van der Waals surface area (Å²) in [4.78, 5) is 30.7. The van der Waals surface area contributed by atoms with Crippen molar-refractivity contribution in [2.24, 2.45) is 5.92 Å². The first kappa shape index (κ1) is 17.5. The first-order valence-corrected chi connectivity index (χ1v) is 8.71.